The van der Waals surface area contributed by atoms with Crippen molar-refractivity contribution >= 4 is 68.1 Å². The van der Waals surface area contributed by atoms with E-state index in [-0.39, 0.29) is 37.6 Å². The van der Waals surface area contributed by atoms with E-state index < -0.39 is 21.9 Å². The van der Waals surface area contributed by atoms with E-state index in [0.29, 0.717) is 24.2 Å². The van der Waals surface area contributed by atoms with E-state index in [1.54, 1.807) is 12.1 Å². The summed E-state index contributed by atoms with van der Waals surface area (Å²) < 4.78 is 28.0. The van der Waals surface area contributed by atoms with Crippen molar-refractivity contribution in [2.75, 3.05) is 16.2 Å². The van der Waals surface area contributed by atoms with Gasteiger partial charge in [0.1, 0.15) is 0 Å². The van der Waals surface area contributed by atoms with Crippen molar-refractivity contribution < 1.29 is 23.1 Å². The molecule has 1 aliphatic rings. The molecule has 0 atom stereocenters. The van der Waals surface area contributed by atoms with Crippen LogP contribution in [0.1, 0.15) is 32.7 Å². The molecule has 1 heterocycles. The number of carboxylic acids is 1. The quantitative estimate of drug-likeness (QED) is 0.430. The van der Waals surface area contributed by atoms with Crippen LogP contribution in [0.5, 0.6) is 0 Å². The summed E-state index contributed by atoms with van der Waals surface area (Å²) in [6, 6.07) is 13.0. The van der Waals surface area contributed by atoms with Gasteiger partial charge in [-0.3, -0.25) is 9.10 Å². The highest BCUT2D eigenvalue weighted by molar-refractivity contribution is 7.92. The van der Waals surface area contributed by atoms with Crippen molar-refractivity contribution in [3.05, 3.63) is 86.4 Å². The molecule has 0 fully saturated rings. The molecule has 0 bridgehead atoms. The van der Waals surface area contributed by atoms with Crippen molar-refractivity contribution in [1.29, 1.82) is 0 Å². The first-order valence-corrected chi connectivity index (χ1v) is 12.6. The lowest BCUT2D eigenvalue weighted by Gasteiger charge is -2.31. The third-order valence-corrected chi connectivity index (χ3v) is 8.22. The number of fused-ring (bicyclic) bond motifs is 1. The fourth-order valence-corrected chi connectivity index (χ4v) is 5.85. The number of hydrogen-bond donors (Lipinski definition) is 2. The third kappa shape index (κ3) is 4.72. The highest BCUT2D eigenvalue weighted by atomic mass is 35.5. The van der Waals surface area contributed by atoms with Crippen LogP contribution in [-0.4, -0.2) is 31.9 Å². The van der Waals surface area contributed by atoms with Crippen molar-refractivity contribution in [2.24, 2.45) is 0 Å². The first-order chi connectivity index (χ1) is 16.1. The van der Waals surface area contributed by atoms with Gasteiger partial charge < -0.3 is 10.4 Å². The second-order valence-electron chi connectivity index (χ2n) is 7.55. The Kier molecular flexibility index (Phi) is 6.78. The zero-order chi connectivity index (χ0) is 24.6. The Morgan fingerprint density at radius 2 is 1.68 bits per heavy atom. The van der Waals surface area contributed by atoms with Gasteiger partial charge in [0.2, 0.25) is 0 Å². The maximum absolute atomic E-state index is 13.4. The van der Waals surface area contributed by atoms with Crippen LogP contribution < -0.4 is 9.62 Å². The molecule has 7 nitrogen and oxygen atoms in total. The number of rotatable bonds is 5. The number of halogens is 3. The lowest BCUT2D eigenvalue weighted by atomic mass is 10.0. The van der Waals surface area contributed by atoms with E-state index in [0.717, 1.165) is 5.56 Å². The van der Waals surface area contributed by atoms with Crippen LogP contribution in [0.2, 0.25) is 15.1 Å². The number of carbonyl (C=O) groups excluding carboxylic acids is 1. The van der Waals surface area contributed by atoms with Gasteiger partial charge in [0, 0.05) is 17.8 Å². The SMILES string of the molecule is O=C(Nc1ccc(C(=O)O)c(Cl)c1)c1ccc2c(c1)N(S(=O)(=O)c1ccc(Cl)c(Cl)c1)CCC2. The summed E-state index contributed by atoms with van der Waals surface area (Å²) in [5, 5.41) is 12.1. The molecule has 0 aromatic heterocycles. The van der Waals surface area contributed by atoms with Crippen LogP contribution in [-0.2, 0) is 16.4 Å². The molecule has 0 saturated carbocycles. The second kappa shape index (κ2) is 9.46. The second-order valence-corrected chi connectivity index (χ2v) is 10.6. The van der Waals surface area contributed by atoms with Crippen LogP contribution in [0.3, 0.4) is 0 Å². The summed E-state index contributed by atoms with van der Waals surface area (Å²) in [5.74, 6) is -1.68. The standard InChI is InChI=1S/C23H17Cl3N2O5S/c24-18-8-6-16(12-20(18)26)34(32,33)28-9-1-2-13-3-4-14(10-21(13)28)22(29)27-15-5-7-17(23(30)31)19(25)11-15/h3-8,10-12H,1-2,9H2,(H,27,29)(H,30,31). The molecule has 1 aliphatic heterocycles. The zero-order valence-electron chi connectivity index (χ0n) is 17.4. The molecule has 0 saturated heterocycles. The van der Waals surface area contributed by atoms with Gasteiger partial charge in [0.15, 0.2) is 0 Å². The van der Waals surface area contributed by atoms with E-state index in [1.165, 1.54) is 46.8 Å². The number of amides is 1. The van der Waals surface area contributed by atoms with E-state index >= 15 is 0 Å². The van der Waals surface area contributed by atoms with Gasteiger partial charge in [-0.05, 0) is 66.9 Å². The number of carbonyl (C=O) groups is 2. The monoisotopic (exact) mass is 538 g/mol. The minimum Gasteiger partial charge on any atom is -0.478 e. The molecule has 11 heteroatoms. The minimum atomic E-state index is -3.95. The molecule has 3 aromatic rings. The molecule has 176 valence electrons. The van der Waals surface area contributed by atoms with Crippen LogP contribution in [0.15, 0.2) is 59.5 Å². The third-order valence-electron chi connectivity index (χ3n) is 5.36. The number of hydrogen-bond acceptors (Lipinski definition) is 4. The Morgan fingerprint density at radius 1 is 0.912 bits per heavy atom. The maximum atomic E-state index is 13.4. The van der Waals surface area contributed by atoms with Crippen molar-refractivity contribution in [3.63, 3.8) is 0 Å². The molecule has 2 N–H and O–H groups in total. The predicted molar refractivity (Wildman–Crippen MR) is 132 cm³/mol. The Labute approximate surface area is 210 Å². The Hall–Kier alpha value is -2.78. The van der Waals surface area contributed by atoms with Crippen LogP contribution in [0.25, 0.3) is 0 Å². The minimum absolute atomic E-state index is 0.00207. The molecule has 0 radical (unpaired) electrons. The summed E-state index contributed by atoms with van der Waals surface area (Å²) in [7, 11) is -3.95. The van der Waals surface area contributed by atoms with Gasteiger partial charge in [0.25, 0.3) is 15.9 Å². The van der Waals surface area contributed by atoms with Gasteiger partial charge in [0.05, 0.1) is 31.2 Å². The number of nitrogens with zero attached hydrogens (tertiary/aromatic N) is 1. The number of sulfonamides is 1. The number of anilines is 2. The highest BCUT2D eigenvalue weighted by Crippen LogP contribution is 2.35. The molecule has 0 unspecified atom stereocenters. The number of carboxylic acid groups (broad SMARTS) is 1. The summed E-state index contributed by atoms with van der Waals surface area (Å²) in [4.78, 5) is 24.0. The van der Waals surface area contributed by atoms with Crippen molar-refractivity contribution in [3.8, 4) is 0 Å². The van der Waals surface area contributed by atoms with Crippen LogP contribution in [0, 0.1) is 0 Å². The van der Waals surface area contributed by atoms with Crippen molar-refractivity contribution in [2.45, 2.75) is 17.7 Å². The summed E-state index contributed by atoms with van der Waals surface area (Å²) in [6.07, 6.45) is 1.28. The van der Waals surface area contributed by atoms with Crippen LogP contribution in [0.4, 0.5) is 11.4 Å². The Morgan fingerprint density at radius 3 is 2.35 bits per heavy atom. The first-order valence-electron chi connectivity index (χ1n) is 10.0. The molecular formula is C23H17Cl3N2O5S. The largest absolute Gasteiger partial charge is 0.478 e. The topological polar surface area (TPSA) is 104 Å². The summed E-state index contributed by atoms with van der Waals surface area (Å²) in [5.41, 5.74) is 1.65. The van der Waals surface area contributed by atoms with E-state index in [4.69, 9.17) is 39.9 Å². The molecule has 0 aliphatic carbocycles. The van der Waals surface area contributed by atoms with Gasteiger partial charge >= 0.3 is 5.97 Å². The lowest BCUT2D eigenvalue weighted by Crippen LogP contribution is -2.35. The first kappa shape index (κ1) is 24.3. The average molecular weight is 540 g/mol. The van der Waals surface area contributed by atoms with Crippen LogP contribution >= 0.6 is 34.8 Å². The average Bonchev–Trinajstić information content (AvgIpc) is 2.79. The van der Waals surface area contributed by atoms with E-state index in [2.05, 4.69) is 5.32 Å². The number of aryl methyl sites for hydroxylation is 1. The van der Waals surface area contributed by atoms with E-state index in [9.17, 15) is 18.0 Å². The summed E-state index contributed by atoms with van der Waals surface area (Å²) in [6.45, 7) is 0.243. The molecule has 34 heavy (non-hydrogen) atoms. The van der Waals surface area contributed by atoms with E-state index in [1.807, 2.05) is 0 Å². The normalized spacial score (nSPS) is 13.3. The molecule has 1 amide bonds. The predicted octanol–water partition coefficient (Wildman–Crippen LogP) is 5.74. The van der Waals surface area contributed by atoms with Gasteiger partial charge in [-0.25, -0.2) is 13.2 Å². The van der Waals surface area contributed by atoms with Gasteiger partial charge in [-0.15, -0.1) is 0 Å². The molecular weight excluding hydrogens is 523 g/mol. The number of nitrogens with one attached hydrogen (secondary N) is 1. The number of aromatic carboxylic acids is 1. The molecule has 3 aromatic carbocycles. The fourth-order valence-electron chi connectivity index (χ4n) is 3.67. The van der Waals surface area contributed by atoms with Gasteiger partial charge in [-0.2, -0.15) is 0 Å². The smallest absolute Gasteiger partial charge is 0.337 e. The summed E-state index contributed by atoms with van der Waals surface area (Å²) >= 11 is 17.9. The zero-order valence-corrected chi connectivity index (χ0v) is 20.5. The molecule has 0 spiro atoms. The maximum Gasteiger partial charge on any atom is 0.337 e. The lowest BCUT2D eigenvalue weighted by molar-refractivity contribution is 0.0697. The number of benzene rings is 3. The molecule has 4 rings (SSSR count). The fraction of sp³-hybridized carbons (Fsp3) is 0.130. The Bertz CT molecular complexity index is 1430. The van der Waals surface area contributed by atoms with Crippen molar-refractivity contribution in [1.82, 2.24) is 0 Å². The Balaban J connectivity index is 1.65. The van der Waals surface area contributed by atoms with Gasteiger partial charge in [-0.1, -0.05) is 40.9 Å². The highest BCUT2D eigenvalue weighted by Gasteiger charge is 2.30.